The molecule has 0 bridgehead atoms. The Morgan fingerprint density at radius 1 is 1.10 bits per heavy atom. The molecule has 3 aliphatic heterocycles. The fourth-order valence-corrected chi connectivity index (χ4v) is 3.78. The van der Waals surface area contributed by atoms with Crippen LogP contribution in [-0.2, 0) is 25.6 Å². The van der Waals surface area contributed by atoms with E-state index < -0.39 is 5.79 Å². The van der Waals surface area contributed by atoms with Gasteiger partial charge in [-0.2, -0.15) is 0 Å². The molecule has 2 fully saturated rings. The molecular weight excluding hydrogens is 380 g/mol. The number of aromatic nitrogens is 1. The summed E-state index contributed by atoms with van der Waals surface area (Å²) in [6, 6.07) is 7.35. The lowest BCUT2D eigenvalue weighted by atomic mass is 10.0. The fourth-order valence-electron chi connectivity index (χ4n) is 3.78. The summed E-state index contributed by atoms with van der Waals surface area (Å²) in [6.45, 7) is 2.90. The molecule has 3 aliphatic rings. The van der Waals surface area contributed by atoms with Crippen LogP contribution in [0.1, 0.15) is 18.5 Å². The normalized spacial score (nSPS) is 19.8. The molecule has 5 rings (SSSR count). The van der Waals surface area contributed by atoms with Gasteiger partial charge in [0.1, 0.15) is 12.3 Å². The number of ether oxygens (including phenoxy) is 5. The Bertz CT molecular complexity index is 881. The topological polar surface area (TPSA) is 92.5 Å². The number of piperidine rings is 1. The molecule has 1 spiro atoms. The zero-order valence-corrected chi connectivity index (χ0v) is 15.9. The zero-order chi connectivity index (χ0) is 19.7. The average molecular weight is 402 g/mol. The SMILES string of the molecule is O=C(COCc1cc(-c2ccc3c(c2)OCO3)on1)N1CCC2(CC1)OCCO2. The number of benzene rings is 1. The van der Waals surface area contributed by atoms with E-state index in [1.165, 1.54) is 0 Å². The van der Waals surface area contributed by atoms with Crippen LogP contribution in [0.15, 0.2) is 28.8 Å². The second-order valence-electron chi connectivity index (χ2n) is 7.23. The standard InChI is InChI=1S/C20H22N2O7/c23-19(22-5-3-20(4-6-22)27-7-8-28-20)12-24-11-15-10-17(29-21-15)14-1-2-16-18(9-14)26-13-25-16/h1-2,9-10H,3-8,11-13H2. The summed E-state index contributed by atoms with van der Waals surface area (Å²) >= 11 is 0. The van der Waals surface area contributed by atoms with Crippen molar-refractivity contribution in [1.82, 2.24) is 10.1 Å². The van der Waals surface area contributed by atoms with Crippen LogP contribution in [0.3, 0.4) is 0 Å². The van der Waals surface area contributed by atoms with Gasteiger partial charge in [0.15, 0.2) is 23.0 Å². The van der Waals surface area contributed by atoms with Crippen molar-refractivity contribution >= 4 is 5.91 Å². The molecule has 1 amide bonds. The molecule has 0 unspecified atom stereocenters. The molecule has 0 aliphatic carbocycles. The molecule has 29 heavy (non-hydrogen) atoms. The first-order chi connectivity index (χ1) is 14.2. The molecule has 0 N–H and O–H groups in total. The lowest BCUT2D eigenvalue weighted by Gasteiger charge is -2.37. The Kier molecular flexibility index (Phi) is 4.86. The van der Waals surface area contributed by atoms with Crippen LogP contribution < -0.4 is 9.47 Å². The minimum Gasteiger partial charge on any atom is -0.454 e. The first kappa shape index (κ1) is 18.4. The third-order valence-corrected chi connectivity index (χ3v) is 5.38. The Morgan fingerprint density at radius 2 is 1.90 bits per heavy atom. The van der Waals surface area contributed by atoms with Gasteiger partial charge in [-0.3, -0.25) is 4.79 Å². The Balaban J connectivity index is 1.10. The summed E-state index contributed by atoms with van der Waals surface area (Å²) in [7, 11) is 0. The van der Waals surface area contributed by atoms with E-state index in [1.54, 1.807) is 11.0 Å². The van der Waals surface area contributed by atoms with Crippen LogP contribution in [-0.4, -0.2) is 61.5 Å². The van der Waals surface area contributed by atoms with E-state index in [4.69, 9.17) is 28.2 Å². The Labute approximate surface area is 167 Å². The number of hydrogen-bond acceptors (Lipinski definition) is 8. The maximum absolute atomic E-state index is 12.4. The van der Waals surface area contributed by atoms with Crippen molar-refractivity contribution in [1.29, 1.82) is 0 Å². The average Bonchev–Trinajstić information content (AvgIpc) is 3.49. The minimum absolute atomic E-state index is 0.000924. The summed E-state index contributed by atoms with van der Waals surface area (Å²) < 4.78 is 33.0. The molecule has 9 nitrogen and oxygen atoms in total. The first-order valence-corrected chi connectivity index (χ1v) is 9.70. The quantitative estimate of drug-likeness (QED) is 0.749. The third-order valence-electron chi connectivity index (χ3n) is 5.38. The van der Waals surface area contributed by atoms with E-state index in [1.807, 2.05) is 18.2 Å². The predicted octanol–water partition coefficient (Wildman–Crippen LogP) is 1.95. The van der Waals surface area contributed by atoms with Crippen LogP contribution in [0.2, 0.25) is 0 Å². The zero-order valence-electron chi connectivity index (χ0n) is 15.9. The maximum Gasteiger partial charge on any atom is 0.248 e. The van der Waals surface area contributed by atoms with E-state index in [2.05, 4.69) is 5.16 Å². The number of rotatable bonds is 5. The summed E-state index contributed by atoms with van der Waals surface area (Å²) in [4.78, 5) is 14.2. The first-order valence-electron chi connectivity index (χ1n) is 9.70. The lowest BCUT2D eigenvalue weighted by Crippen LogP contribution is -2.48. The minimum atomic E-state index is -0.483. The number of fused-ring (bicyclic) bond motifs is 1. The summed E-state index contributed by atoms with van der Waals surface area (Å²) in [5, 5.41) is 4.01. The molecule has 9 heteroatoms. The number of hydrogen-bond donors (Lipinski definition) is 0. The number of carbonyl (C=O) groups excluding carboxylic acids is 1. The van der Waals surface area contributed by atoms with Gasteiger partial charge in [-0.25, -0.2) is 0 Å². The smallest absolute Gasteiger partial charge is 0.248 e. The molecule has 1 aromatic carbocycles. The molecule has 1 aromatic heterocycles. The summed E-state index contributed by atoms with van der Waals surface area (Å²) in [5.41, 5.74) is 1.46. The van der Waals surface area contributed by atoms with Crippen LogP contribution in [0.25, 0.3) is 11.3 Å². The van der Waals surface area contributed by atoms with Gasteiger partial charge < -0.3 is 33.1 Å². The molecule has 0 saturated carbocycles. The van der Waals surface area contributed by atoms with Crippen molar-refractivity contribution in [3.8, 4) is 22.8 Å². The van der Waals surface area contributed by atoms with Gasteiger partial charge in [0.2, 0.25) is 12.7 Å². The van der Waals surface area contributed by atoms with Gasteiger partial charge in [-0.05, 0) is 18.2 Å². The van der Waals surface area contributed by atoms with Gasteiger partial charge in [0.25, 0.3) is 0 Å². The molecule has 2 aromatic rings. The highest BCUT2D eigenvalue weighted by atomic mass is 16.7. The fraction of sp³-hybridized carbons (Fsp3) is 0.500. The summed E-state index contributed by atoms with van der Waals surface area (Å²) in [6.07, 6.45) is 1.39. The van der Waals surface area contributed by atoms with Gasteiger partial charge in [-0.1, -0.05) is 5.16 Å². The highest BCUT2D eigenvalue weighted by Gasteiger charge is 2.40. The van der Waals surface area contributed by atoms with Gasteiger partial charge >= 0.3 is 0 Å². The van der Waals surface area contributed by atoms with Crippen LogP contribution in [0.4, 0.5) is 0 Å². The highest BCUT2D eigenvalue weighted by molar-refractivity contribution is 5.77. The monoisotopic (exact) mass is 402 g/mol. The van der Waals surface area contributed by atoms with Crippen LogP contribution >= 0.6 is 0 Å². The van der Waals surface area contributed by atoms with E-state index >= 15 is 0 Å². The summed E-state index contributed by atoms with van der Waals surface area (Å²) in [5.74, 6) is 1.47. The molecule has 0 atom stereocenters. The van der Waals surface area contributed by atoms with Crippen molar-refractivity contribution in [2.45, 2.75) is 25.2 Å². The lowest BCUT2D eigenvalue weighted by molar-refractivity contribution is -0.188. The molecule has 154 valence electrons. The second kappa shape index (κ2) is 7.66. The van der Waals surface area contributed by atoms with Crippen LogP contribution in [0.5, 0.6) is 11.5 Å². The maximum atomic E-state index is 12.4. The van der Waals surface area contributed by atoms with Gasteiger partial charge in [0.05, 0.1) is 19.8 Å². The van der Waals surface area contributed by atoms with E-state index in [9.17, 15) is 4.79 Å². The van der Waals surface area contributed by atoms with Crippen LogP contribution in [0, 0.1) is 0 Å². The van der Waals surface area contributed by atoms with Crippen molar-refractivity contribution in [2.24, 2.45) is 0 Å². The highest BCUT2D eigenvalue weighted by Crippen LogP contribution is 2.36. The van der Waals surface area contributed by atoms with E-state index in [0.29, 0.717) is 62.1 Å². The molecule has 0 radical (unpaired) electrons. The third kappa shape index (κ3) is 3.81. The van der Waals surface area contributed by atoms with Gasteiger partial charge in [-0.15, -0.1) is 0 Å². The number of likely N-dealkylation sites (tertiary alicyclic amines) is 1. The van der Waals surface area contributed by atoms with Crippen molar-refractivity contribution in [2.75, 3.05) is 39.7 Å². The largest absolute Gasteiger partial charge is 0.454 e. The Hall–Kier alpha value is -2.62. The number of nitrogens with zero attached hydrogens (tertiary/aromatic N) is 2. The van der Waals surface area contributed by atoms with Crippen molar-refractivity contribution in [3.63, 3.8) is 0 Å². The number of amides is 1. The van der Waals surface area contributed by atoms with Gasteiger partial charge in [0, 0.05) is 37.6 Å². The van der Waals surface area contributed by atoms with Crippen molar-refractivity contribution < 1.29 is 33.0 Å². The molecular formula is C20H22N2O7. The van der Waals surface area contributed by atoms with Crippen molar-refractivity contribution in [3.05, 3.63) is 30.0 Å². The molecule has 2 saturated heterocycles. The Morgan fingerprint density at radius 3 is 2.72 bits per heavy atom. The number of carbonyl (C=O) groups is 1. The second-order valence-corrected chi connectivity index (χ2v) is 7.23. The van der Waals surface area contributed by atoms with E-state index in [0.717, 1.165) is 5.56 Å². The predicted molar refractivity (Wildman–Crippen MR) is 98.2 cm³/mol. The van der Waals surface area contributed by atoms with E-state index in [-0.39, 0.29) is 25.9 Å². The molecule has 4 heterocycles.